The Morgan fingerprint density at radius 3 is 2.38 bits per heavy atom. The van der Waals surface area contributed by atoms with Gasteiger partial charge in [0, 0.05) is 17.5 Å². The van der Waals surface area contributed by atoms with Gasteiger partial charge in [-0.05, 0) is 74.9 Å². The molecule has 0 saturated heterocycles. The fraction of sp³-hybridized carbons (Fsp3) is 0.286. The van der Waals surface area contributed by atoms with E-state index in [0.717, 1.165) is 28.6 Å². The number of carboxylic acid groups (broad SMARTS) is 1. The van der Waals surface area contributed by atoms with Crippen LogP contribution in [0.2, 0.25) is 0 Å². The van der Waals surface area contributed by atoms with Crippen LogP contribution in [-0.4, -0.2) is 37.9 Å². The maximum atomic E-state index is 14.8. The van der Waals surface area contributed by atoms with Crippen molar-refractivity contribution in [1.29, 1.82) is 0 Å². The quantitative estimate of drug-likeness (QED) is 0.265. The molecule has 0 amide bonds. The van der Waals surface area contributed by atoms with Crippen LogP contribution in [-0.2, 0) is 21.0 Å². The number of aliphatic carboxylic acids is 1. The first-order valence-corrected chi connectivity index (χ1v) is 13.5. The number of rotatable bonds is 7. The van der Waals surface area contributed by atoms with Crippen molar-refractivity contribution in [1.82, 2.24) is 0 Å². The Labute approximate surface area is 228 Å². The second-order valence-corrected chi connectivity index (χ2v) is 12.0. The number of anilines is 1. The zero-order valence-corrected chi connectivity index (χ0v) is 22.4. The van der Waals surface area contributed by atoms with Gasteiger partial charge >= 0.3 is 12.1 Å². The molecule has 7 nitrogen and oxygen atoms in total. The molecule has 1 aliphatic heterocycles. The molecule has 3 aromatic carbocycles. The lowest BCUT2D eigenvalue weighted by Crippen LogP contribution is -2.46. The van der Waals surface area contributed by atoms with Gasteiger partial charge in [-0.1, -0.05) is 12.1 Å². The first kappa shape index (κ1) is 29.1. The van der Waals surface area contributed by atoms with E-state index in [0.29, 0.717) is 6.07 Å². The molecule has 40 heavy (non-hydrogen) atoms. The van der Waals surface area contributed by atoms with E-state index in [4.69, 9.17) is 4.74 Å². The Kier molecular flexibility index (Phi) is 7.44. The smallest absolute Gasteiger partial charge is 0.416 e. The van der Waals surface area contributed by atoms with Gasteiger partial charge in [0.25, 0.3) is 10.0 Å². The summed E-state index contributed by atoms with van der Waals surface area (Å²) in [6.45, 7) is 3.77. The number of halogens is 4. The van der Waals surface area contributed by atoms with Crippen LogP contribution >= 0.6 is 0 Å². The van der Waals surface area contributed by atoms with Crippen molar-refractivity contribution in [2.75, 3.05) is 10.8 Å². The summed E-state index contributed by atoms with van der Waals surface area (Å²) >= 11 is 0. The lowest BCUT2D eigenvalue weighted by molar-refractivity contribution is -0.148. The molecule has 4 rings (SSSR count). The predicted molar refractivity (Wildman–Crippen MR) is 138 cm³/mol. The van der Waals surface area contributed by atoms with Gasteiger partial charge in [-0.2, -0.15) is 13.2 Å². The SMILES string of the molecule is CC(=O)c1ccc(F)c(-c2ccc3c(c2)N(S(=O)(=O)c2cccc(C(F)(F)F)c2)CC(CC(C)(C)C(=O)O)O3)c1. The first-order chi connectivity index (χ1) is 18.5. The maximum absolute atomic E-state index is 14.8. The molecular weight excluding hydrogens is 554 g/mol. The summed E-state index contributed by atoms with van der Waals surface area (Å²) in [4.78, 5) is 22.9. The number of ketones is 1. The van der Waals surface area contributed by atoms with Crippen LogP contribution in [0, 0.1) is 11.2 Å². The van der Waals surface area contributed by atoms with E-state index in [2.05, 4.69) is 0 Å². The Bertz CT molecular complexity index is 1600. The van der Waals surface area contributed by atoms with Crippen molar-refractivity contribution < 1.29 is 45.4 Å². The maximum Gasteiger partial charge on any atom is 0.416 e. The number of Topliss-reactive ketones (excluding diaryl/α,β-unsaturated/α-hetero) is 1. The zero-order chi connectivity index (χ0) is 29.6. The van der Waals surface area contributed by atoms with Gasteiger partial charge in [-0.15, -0.1) is 0 Å². The fourth-order valence-electron chi connectivity index (χ4n) is 4.40. The third-order valence-electron chi connectivity index (χ3n) is 6.64. The minimum absolute atomic E-state index is 0.000973. The third-order valence-corrected chi connectivity index (χ3v) is 8.42. The second-order valence-electron chi connectivity index (χ2n) is 10.1. The number of hydrogen-bond acceptors (Lipinski definition) is 5. The molecule has 1 heterocycles. The van der Waals surface area contributed by atoms with Crippen LogP contribution in [0.15, 0.2) is 65.6 Å². The highest BCUT2D eigenvalue weighted by Crippen LogP contribution is 2.42. The molecule has 0 radical (unpaired) electrons. The van der Waals surface area contributed by atoms with Gasteiger partial charge in [0.05, 0.1) is 28.1 Å². The number of ether oxygens (including phenoxy) is 1. The van der Waals surface area contributed by atoms with Crippen molar-refractivity contribution in [2.24, 2.45) is 5.41 Å². The highest BCUT2D eigenvalue weighted by molar-refractivity contribution is 7.92. The summed E-state index contributed by atoms with van der Waals surface area (Å²) in [6, 6.07) is 11.1. The monoisotopic (exact) mass is 579 g/mol. The molecule has 0 aliphatic carbocycles. The third kappa shape index (κ3) is 5.67. The summed E-state index contributed by atoms with van der Waals surface area (Å²) in [6.07, 6.45) is -5.88. The van der Waals surface area contributed by atoms with Gasteiger partial charge in [0.2, 0.25) is 0 Å². The number of alkyl halides is 3. The van der Waals surface area contributed by atoms with Gasteiger partial charge in [-0.3, -0.25) is 13.9 Å². The number of carbonyl (C=O) groups is 2. The molecule has 0 aromatic heterocycles. The Morgan fingerprint density at radius 1 is 1.05 bits per heavy atom. The van der Waals surface area contributed by atoms with Gasteiger partial charge in [-0.25, -0.2) is 12.8 Å². The van der Waals surface area contributed by atoms with E-state index in [1.54, 1.807) is 0 Å². The Morgan fingerprint density at radius 2 is 1.75 bits per heavy atom. The number of carboxylic acids is 1. The molecule has 1 atom stereocenters. The van der Waals surface area contributed by atoms with Crippen LogP contribution < -0.4 is 9.04 Å². The molecule has 0 bridgehead atoms. The summed E-state index contributed by atoms with van der Waals surface area (Å²) in [7, 11) is -4.64. The molecule has 0 spiro atoms. The average molecular weight is 580 g/mol. The van der Waals surface area contributed by atoms with Gasteiger partial charge in [0.1, 0.15) is 17.7 Å². The fourth-order valence-corrected chi connectivity index (χ4v) is 5.94. The Balaban J connectivity index is 1.87. The molecule has 12 heteroatoms. The summed E-state index contributed by atoms with van der Waals surface area (Å²) in [5.74, 6) is -2.14. The zero-order valence-electron chi connectivity index (χ0n) is 21.6. The minimum Gasteiger partial charge on any atom is -0.486 e. The van der Waals surface area contributed by atoms with E-state index in [1.807, 2.05) is 0 Å². The van der Waals surface area contributed by atoms with E-state index in [9.17, 15) is 40.7 Å². The molecule has 0 saturated carbocycles. The number of sulfonamides is 1. The molecule has 0 fully saturated rings. The van der Waals surface area contributed by atoms with E-state index in [-0.39, 0.29) is 40.3 Å². The topological polar surface area (TPSA) is 101 Å². The van der Waals surface area contributed by atoms with Crippen LogP contribution in [0.5, 0.6) is 5.75 Å². The second kappa shape index (κ2) is 10.2. The normalized spacial score (nSPS) is 15.8. The number of nitrogens with zero attached hydrogens (tertiary/aromatic N) is 1. The summed E-state index contributed by atoms with van der Waals surface area (Å²) in [5, 5.41) is 9.57. The molecular formula is C28H25F4NO6S. The highest BCUT2D eigenvalue weighted by Gasteiger charge is 2.40. The van der Waals surface area contributed by atoms with Crippen LogP contribution in [0.1, 0.15) is 43.1 Å². The standard InChI is InChI=1S/C28H25F4NO6S/c1-16(34)17-7-9-23(29)22(11-17)18-8-10-25-24(12-18)33(15-20(39-25)14-27(2,3)26(35)36)40(37,38)21-6-4-5-19(13-21)28(30,31)32/h4-13,20H,14-15H2,1-3H3,(H,35,36). The molecule has 1 unspecified atom stereocenters. The average Bonchev–Trinajstić information content (AvgIpc) is 2.87. The Hall–Kier alpha value is -3.93. The number of benzene rings is 3. The van der Waals surface area contributed by atoms with E-state index < -0.39 is 56.5 Å². The van der Waals surface area contributed by atoms with Gasteiger partial charge in [0.15, 0.2) is 5.78 Å². The largest absolute Gasteiger partial charge is 0.486 e. The van der Waals surface area contributed by atoms with Crippen molar-refractivity contribution in [2.45, 2.75) is 44.4 Å². The first-order valence-electron chi connectivity index (χ1n) is 12.1. The number of carbonyl (C=O) groups excluding carboxylic acids is 1. The predicted octanol–water partition coefficient (Wildman–Crippen LogP) is 6.17. The van der Waals surface area contributed by atoms with E-state index in [1.165, 1.54) is 51.1 Å². The minimum atomic E-state index is -4.80. The molecule has 1 N–H and O–H groups in total. The highest BCUT2D eigenvalue weighted by atomic mass is 32.2. The number of hydrogen-bond donors (Lipinski definition) is 1. The molecule has 1 aliphatic rings. The summed E-state index contributed by atoms with van der Waals surface area (Å²) < 4.78 is 89.3. The van der Waals surface area contributed by atoms with Gasteiger partial charge < -0.3 is 9.84 Å². The van der Waals surface area contributed by atoms with Crippen molar-refractivity contribution in [3.8, 4) is 16.9 Å². The van der Waals surface area contributed by atoms with Crippen LogP contribution in [0.25, 0.3) is 11.1 Å². The van der Waals surface area contributed by atoms with Crippen LogP contribution in [0.3, 0.4) is 0 Å². The number of fused-ring (bicyclic) bond motifs is 1. The van der Waals surface area contributed by atoms with Crippen LogP contribution in [0.4, 0.5) is 23.2 Å². The lowest BCUT2D eigenvalue weighted by atomic mass is 9.86. The van der Waals surface area contributed by atoms with Crippen molar-refractivity contribution in [3.05, 3.63) is 77.6 Å². The lowest BCUT2D eigenvalue weighted by Gasteiger charge is -2.38. The molecule has 3 aromatic rings. The van der Waals surface area contributed by atoms with E-state index >= 15 is 0 Å². The van der Waals surface area contributed by atoms with Crippen molar-refractivity contribution >= 4 is 27.5 Å². The summed E-state index contributed by atoms with van der Waals surface area (Å²) in [5.41, 5.74) is -2.15. The van der Waals surface area contributed by atoms with Crippen molar-refractivity contribution in [3.63, 3.8) is 0 Å². The molecule has 212 valence electrons.